The fourth-order valence-corrected chi connectivity index (χ4v) is 3.30. The van der Waals surface area contributed by atoms with Gasteiger partial charge in [-0.05, 0) is 37.0 Å². The monoisotopic (exact) mass is 178 g/mol. The van der Waals surface area contributed by atoms with E-state index in [9.17, 15) is 0 Å². The lowest BCUT2D eigenvalue weighted by molar-refractivity contribution is 0.192. The summed E-state index contributed by atoms with van der Waals surface area (Å²) < 4.78 is 0. The van der Waals surface area contributed by atoms with Crippen LogP contribution < -0.4 is 0 Å². The molecule has 3 unspecified atom stereocenters. The Kier molecular flexibility index (Phi) is 3.08. The third kappa shape index (κ3) is 2.15. The van der Waals surface area contributed by atoms with E-state index in [0.29, 0.717) is 0 Å². The average molecular weight is 178 g/mol. The summed E-state index contributed by atoms with van der Waals surface area (Å²) in [5.74, 6) is 2.98. The van der Waals surface area contributed by atoms with Gasteiger partial charge >= 0.3 is 0 Å². The van der Waals surface area contributed by atoms with Gasteiger partial charge in [0.2, 0.25) is 0 Å². The maximum absolute atomic E-state index is 3.95. The minimum atomic E-state index is 0.847. The molecule has 0 heteroatoms. The van der Waals surface area contributed by atoms with Crippen LogP contribution in [0.4, 0.5) is 0 Å². The van der Waals surface area contributed by atoms with Crippen molar-refractivity contribution in [2.45, 2.75) is 51.4 Å². The van der Waals surface area contributed by atoms with Gasteiger partial charge in [0.15, 0.2) is 0 Å². The van der Waals surface area contributed by atoms with Gasteiger partial charge in [-0.25, -0.2) is 0 Å². The molecule has 0 amide bonds. The molecule has 0 aromatic carbocycles. The van der Waals surface area contributed by atoms with Crippen LogP contribution in [0.1, 0.15) is 51.4 Å². The minimum Gasteiger partial charge on any atom is -0.103 e. The summed E-state index contributed by atoms with van der Waals surface area (Å²) in [5.41, 5.74) is 0. The molecule has 0 saturated heterocycles. The third-order valence-electron chi connectivity index (χ3n) is 4.16. The van der Waals surface area contributed by atoms with Crippen LogP contribution in [-0.2, 0) is 0 Å². The van der Waals surface area contributed by atoms with Crippen LogP contribution in [0, 0.1) is 17.8 Å². The van der Waals surface area contributed by atoms with E-state index in [-0.39, 0.29) is 0 Å². The largest absolute Gasteiger partial charge is 0.103 e. The second-order valence-electron chi connectivity index (χ2n) is 4.97. The molecule has 0 N–H and O–H groups in total. The van der Waals surface area contributed by atoms with Gasteiger partial charge in [0, 0.05) is 0 Å². The highest BCUT2D eigenvalue weighted by atomic mass is 14.3. The van der Waals surface area contributed by atoms with Crippen LogP contribution in [0.2, 0.25) is 0 Å². The van der Waals surface area contributed by atoms with Crippen molar-refractivity contribution in [1.82, 2.24) is 0 Å². The zero-order valence-electron chi connectivity index (χ0n) is 8.67. The predicted molar refractivity (Wildman–Crippen MR) is 57.6 cm³/mol. The molecule has 2 aliphatic rings. The first-order valence-corrected chi connectivity index (χ1v) is 6.02. The van der Waals surface area contributed by atoms with Crippen LogP contribution in [0.3, 0.4) is 0 Å². The van der Waals surface area contributed by atoms with Gasteiger partial charge in [0.25, 0.3) is 0 Å². The second kappa shape index (κ2) is 4.30. The molecule has 2 saturated carbocycles. The highest BCUT2D eigenvalue weighted by Crippen LogP contribution is 2.41. The molecule has 74 valence electrons. The first kappa shape index (κ1) is 9.30. The van der Waals surface area contributed by atoms with Crippen LogP contribution in [0.15, 0.2) is 12.7 Å². The Morgan fingerprint density at radius 1 is 0.846 bits per heavy atom. The molecule has 0 radical (unpaired) electrons. The molecule has 2 fully saturated rings. The highest BCUT2D eigenvalue weighted by molar-refractivity contribution is 4.89. The van der Waals surface area contributed by atoms with Gasteiger partial charge in [-0.3, -0.25) is 0 Å². The van der Waals surface area contributed by atoms with Gasteiger partial charge in [-0.15, -0.1) is 6.58 Å². The maximum Gasteiger partial charge on any atom is -0.0233 e. The third-order valence-corrected chi connectivity index (χ3v) is 4.16. The van der Waals surface area contributed by atoms with Crippen LogP contribution in [0.5, 0.6) is 0 Å². The Labute approximate surface area is 82.4 Å². The molecule has 2 aliphatic carbocycles. The van der Waals surface area contributed by atoms with E-state index in [0.717, 1.165) is 17.8 Å². The molecule has 0 heterocycles. The van der Waals surface area contributed by atoms with Crippen molar-refractivity contribution in [3.63, 3.8) is 0 Å². The topological polar surface area (TPSA) is 0 Å². The fourth-order valence-electron chi connectivity index (χ4n) is 3.30. The second-order valence-corrected chi connectivity index (χ2v) is 4.97. The number of hydrogen-bond acceptors (Lipinski definition) is 0. The van der Waals surface area contributed by atoms with E-state index >= 15 is 0 Å². The molecule has 0 nitrogen and oxygen atoms in total. The minimum absolute atomic E-state index is 0.847. The molecule has 0 aromatic heterocycles. The Morgan fingerprint density at radius 3 is 2.38 bits per heavy atom. The van der Waals surface area contributed by atoms with Crippen molar-refractivity contribution >= 4 is 0 Å². The SMILES string of the molecule is C=CC1CCC2CCCCCC2C1. The first-order chi connectivity index (χ1) is 6.40. The van der Waals surface area contributed by atoms with Crippen LogP contribution in [0.25, 0.3) is 0 Å². The lowest BCUT2D eigenvalue weighted by Gasteiger charge is -2.33. The average Bonchev–Trinajstić information content (AvgIpc) is 2.41. The van der Waals surface area contributed by atoms with Crippen LogP contribution >= 0.6 is 0 Å². The smallest absolute Gasteiger partial charge is 0.0233 e. The van der Waals surface area contributed by atoms with E-state index in [1.54, 1.807) is 0 Å². The van der Waals surface area contributed by atoms with E-state index in [1.165, 1.54) is 51.4 Å². The van der Waals surface area contributed by atoms with E-state index in [4.69, 9.17) is 0 Å². The van der Waals surface area contributed by atoms with E-state index in [1.807, 2.05) is 0 Å². The number of hydrogen-bond donors (Lipinski definition) is 0. The van der Waals surface area contributed by atoms with Crippen molar-refractivity contribution < 1.29 is 0 Å². The van der Waals surface area contributed by atoms with Gasteiger partial charge in [0.05, 0.1) is 0 Å². The number of fused-ring (bicyclic) bond motifs is 1. The maximum atomic E-state index is 3.95. The molecule has 0 aliphatic heterocycles. The van der Waals surface area contributed by atoms with Crippen molar-refractivity contribution in [2.75, 3.05) is 0 Å². The Bertz CT molecular complexity index is 171. The van der Waals surface area contributed by atoms with E-state index in [2.05, 4.69) is 12.7 Å². The zero-order valence-corrected chi connectivity index (χ0v) is 8.67. The molecule has 0 aromatic rings. The molecule has 0 spiro atoms. The molecule has 0 bridgehead atoms. The van der Waals surface area contributed by atoms with Crippen LogP contribution in [-0.4, -0.2) is 0 Å². The van der Waals surface area contributed by atoms with Gasteiger partial charge in [0.1, 0.15) is 0 Å². The van der Waals surface area contributed by atoms with Crippen molar-refractivity contribution in [2.24, 2.45) is 17.8 Å². The van der Waals surface area contributed by atoms with E-state index < -0.39 is 0 Å². The van der Waals surface area contributed by atoms with Crippen molar-refractivity contribution in [3.8, 4) is 0 Å². The van der Waals surface area contributed by atoms with Gasteiger partial charge < -0.3 is 0 Å². The lowest BCUT2D eigenvalue weighted by atomic mass is 9.72. The number of rotatable bonds is 1. The molecule has 13 heavy (non-hydrogen) atoms. The molecule has 2 rings (SSSR count). The first-order valence-electron chi connectivity index (χ1n) is 6.02. The zero-order chi connectivity index (χ0) is 9.10. The summed E-state index contributed by atoms with van der Waals surface area (Å²) in [4.78, 5) is 0. The predicted octanol–water partition coefficient (Wildman–Crippen LogP) is 4.17. The molecule has 3 atom stereocenters. The summed E-state index contributed by atoms with van der Waals surface area (Å²) in [6.07, 6.45) is 14.1. The summed E-state index contributed by atoms with van der Waals surface area (Å²) in [7, 11) is 0. The Hall–Kier alpha value is -0.260. The molecular formula is C13H22. The van der Waals surface area contributed by atoms with Crippen molar-refractivity contribution in [1.29, 1.82) is 0 Å². The summed E-state index contributed by atoms with van der Waals surface area (Å²) >= 11 is 0. The van der Waals surface area contributed by atoms with Gasteiger partial charge in [-0.1, -0.05) is 38.2 Å². The summed E-state index contributed by atoms with van der Waals surface area (Å²) in [6, 6.07) is 0. The van der Waals surface area contributed by atoms with Gasteiger partial charge in [-0.2, -0.15) is 0 Å². The fraction of sp³-hybridized carbons (Fsp3) is 0.846. The molecular weight excluding hydrogens is 156 g/mol. The highest BCUT2D eigenvalue weighted by Gasteiger charge is 2.29. The summed E-state index contributed by atoms with van der Waals surface area (Å²) in [6.45, 7) is 3.95. The quantitative estimate of drug-likeness (QED) is 0.529. The number of allylic oxidation sites excluding steroid dienone is 1. The Balaban J connectivity index is 1.95. The Morgan fingerprint density at radius 2 is 1.62 bits per heavy atom. The standard InChI is InChI=1S/C13H22/c1-2-11-8-9-12-6-4-3-5-7-13(12)10-11/h2,11-13H,1,3-10H2. The lowest BCUT2D eigenvalue weighted by Crippen LogP contribution is -2.23. The van der Waals surface area contributed by atoms with Crippen molar-refractivity contribution in [3.05, 3.63) is 12.7 Å². The summed E-state index contributed by atoms with van der Waals surface area (Å²) in [5, 5.41) is 0. The normalized spacial score (nSPS) is 40.5.